The molecule has 0 bridgehead atoms. The Kier molecular flexibility index (Phi) is 2.42. The first-order valence-corrected chi connectivity index (χ1v) is 3.81. The highest BCUT2D eigenvalue weighted by atomic mass is 16.2. The van der Waals surface area contributed by atoms with Crippen LogP contribution in [0.25, 0.3) is 0 Å². The van der Waals surface area contributed by atoms with Crippen LogP contribution in [0.4, 0.5) is 0 Å². The summed E-state index contributed by atoms with van der Waals surface area (Å²) in [6.07, 6.45) is 1.42. The second-order valence-electron chi connectivity index (χ2n) is 2.62. The van der Waals surface area contributed by atoms with Crippen LogP contribution in [0.1, 0.15) is 20.8 Å². The maximum Gasteiger partial charge on any atom is 0.366 e. The summed E-state index contributed by atoms with van der Waals surface area (Å²) in [5.41, 5.74) is 0.631. The summed E-state index contributed by atoms with van der Waals surface area (Å²) in [6.45, 7) is 6.09. The molecule has 12 heavy (non-hydrogen) atoms. The monoisotopic (exact) mass is 168 g/mol. The van der Waals surface area contributed by atoms with Crippen molar-refractivity contribution < 1.29 is 0 Å². The molecule has 5 heteroatoms. The van der Waals surface area contributed by atoms with Crippen molar-refractivity contribution in [3.05, 3.63) is 16.8 Å². The van der Waals surface area contributed by atoms with Gasteiger partial charge in [0.25, 0.3) is 0 Å². The highest BCUT2D eigenvalue weighted by molar-refractivity contribution is 5.78. The molecule has 0 aliphatic carbocycles. The first kappa shape index (κ1) is 8.70. The molecule has 0 amide bonds. The van der Waals surface area contributed by atoms with Gasteiger partial charge in [-0.3, -0.25) is 0 Å². The van der Waals surface area contributed by atoms with Gasteiger partial charge in [0.05, 0.1) is 0 Å². The third kappa shape index (κ3) is 1.61. The zero-order valence-corrected chi connectivity index (χ0v) is 7.48. The smallest absolute Gasteiger partial charge is 0.244 e. The van der Waals surface area contributed by atoms with Crippen LogP contribution in [0.5, 0.6) is 0 Å². The fraction of sp³-hybridized carbons (Fsp3) is 0.571. The Bertz CT molecular complexity index is 343. The number of hydrogen-bond acceptors (Lipinski definition) is 3. The first-order chi connectivity index (χ1) is 5.65. The van der Waals surface area contributed by atoms with Gasteiger partial charge in [0.2, 0.25) is 0 Å². The van der Waals surface area contributed by atoms with Gasteiger partial charge in [0.1, 0.15) is 6.33 Å². The van der Waals surface area contributed by atoms with Gasteiger partial charge in [0.15, 0.2) is 0 Å². The van der Waals surface area contributed by atoms with Crippen molar-refractivity contribution in [2.45, 2.75) is 27.3 Å². The Morgan fingerprint density at radius 2 is 2.33 bits per heavy atom. The minimum absolute atomic E-state index is 0.196. The molecule has 1 rings (SSSR count). The van der Waals surface area contributed by atoms with E-state index in [1.165, 1.54) is 15.7 Å². The normalized spacial score (nSPS) is 9.92. The van der Waals surface area contributed by atoms with Crippen molar-refractivity contribution in [2.24, 2.45) is 5.10 Å². The van der Waals surface area contributed by atoms with Crippen LogP contribution in [0.2, 0.25) is 0 Å². The van der Waals surface area contributed by atoms with Gasteiger partial charge >= 0.3 is 5.69 Å². The summed E-state index contributed by atoms with van der Waals surface area (Å²) in [5, 5.41) is 7.81. The molecule has 0 radical (unpaired) electrons. The maximum absolute atomic E-state index is 11.3. The van der Waals surface area contributed by atoms with Crippen LogP contribution in [-0.2, 0) is 6.54 Å². The van der Waals surface area contributed by atoms with Gasteiger partial charge < -0.3 is 0 Å². The van der Waals surface area contributed by atoms with E-state index in [0.29, 0.717) is 6.54 Å². The summed E-state index contributed by atoms with van der Waals surface area (Å²) in [6, 6.07) is 0. The van der Waals surface area contributed by atoms with Gasteiger partial charge in [-0.2, -0.15) is 14.9 Å². The lowest BCUT2D eigenvalue weighted by Gasteiger charge is -1.90. The van der Waals surface area contributed by atoms with E-state index < -0.39 is 0 Å². The topological polar surface area (TPSA) is 52.2 Å². The molecule has 0 saturated carbocycles. The molecule has 1 heterocycles. The molecule has 0 aliphatic rings. The minimum Gasteiger partial charge on any atom is -0.244 e. The second-order valence-corrected chi connectivity index (χ2v) is 2.62. The van der Waals surface area contributed by atoms with Gasteiger partial charge in [-0.25, -0.2) is 9.48 Å². The average Bonchev–Trinajstić information content (AvgIpc) is 2.32. The van der Waals surface area contributed by atoms with E-state index in [1.807, 2.05) is 20.8 Å². The van der Waals surface area contributed by atoms with E-state index in [4.69, 9.17) is 0 Å². The van der Waals surface area contributed by atoms with E-state index in [0.717, 1.165) is 5.71 Å². The van der Waals surface area contributed by atoms with Gasteiger partial charge in [-0.15, -0.1) is 0 Å². The van der Waals surface area contributed by atoms with Crippen molar-refractivity contribution in [3.63, 3.8) is 0 Å². The van der Waals surface area contributed by atoms with E-state index in [-0.39, 0.29) is 5.69 Å². The van der Waals surface area contributed by atoms with Crippen LogP contribution in [0.3, 0.4) is 0 Å². The predicted molar refractivity (Wildman–Crippen MR) is 46.3 cm³/mol. The lowest BCUT2D eigenvalue weighted by atomic mass is 10.5. The Hall–Kier alpha value is -1.39. The SMILES string of the molecule is CCn1ncn(N=C(C)C)c1=O. The number of aryl methyl sites for hydroxylation is 1. The maximum atomic E-state index is 11.3. The summed E-state index contributed by atoms with van der Waals surface area (Å²) in [4.78, 5) is 11.3. The molecule has 0 aliphatic heterocycles. The quantitative estimate of drug-likeness (QED) is 0.597. The zero-order valence-electron chi connectivity index (χ0n) is 7.48. The molecule has 0 N–H and O–H groups in total. The average molecular weight is 168 g/mol. The molecule has 1 aromatic heterocycles. The summed E-state index contributed by atoms with van der Waals surface area (Å²) < 4.78 is 2.59. The number of rotatable bonds is 2. The molecule has 0 fully saturated rings. The van der Waals surface area contributed by atoms with Crippen molar-refractivity contribution >= 4 is 5.71 Å². The number of aromatic nitrogens is 3. The van der Waals surface area contributed by atoms with Crippen molar-refractivity contribution in [1.29, 1.82) is 0 Å². The molecule has 0 atom stereocenters. The standard InChI is InChI=1S/C7H12N4O/c1-4-10-7(12)11(5-8-10)9-6(2)3/h5H,4H2,1-3H3. The van der Waals surface area contributed by atoms with Crippen molar-refractivity contribution in [1.82, 2.24) is 14.5 Å². The van der Waals surface area contributed by atoms with Crippen LogP contribution < -0.4 is 5.69 Å². The van der Waals surface area contributed by atoms with Gasteiger partial charge in [-0.1, -0.05) is 0 Å². The van der Waals surface area contributed by atoms with Crippen molar-refractivity contribution in [3.8, 4) is 0 Å². The lowest BCUT2D eigenvalue weighted by molar-refractivity contribution is 0.621. The van der Waals surface area contributed by atoms with Crippen molar-refractivity contribution in [2.75, 3.05) is 0 Å². The van der Waals surface area contributed by atoms with Crippen LogP contribution in [0, 0.1) is 0 Å². The highest BCUT2D eigenvalue weighted by Crippen LogP contribution is 1.80. The highest BCUT2D eigenvalue weighted by Gasteiger charge is 1.99. The Morgan fingerprint density at radius 3 is 2.75 bits per heavy atom. The predicted octanol–water partition coefficient (Wildman–Crippen LogP) is 0.309. The zero-order chi connectivity index (χ0) is 9.14. The van der Waals surface area contributed by atoms with E-state index in [2.05, 4.69) is 10.2 Å². The third-order valence-electron chi connectivity index (χ3n) is 1.32. The van der Waals surface area contributed by atoms with Gasteiger partial charge in [0, 0.05) is 12.3 Å². The van der Waals surface area contributed by atoms with E-state index in [1.54, 1.807) is 0 Å². The molecule has 0 aromatic carbocycles. The van der Waals surface area contributed by atoms with Crippen LogP contribution in [-0.4, -0.2) is 20.2 Å². The molecule has 66 valence electrons. The summed E-state index contributed by atoms with van der Waals surface area (Å²) >= 11 is 0. The fourth-order valence-electron chi connectivity index (χ4n) is 0.829. The molecule has 0 saturated heterocycles. The molecule has 0 spiro atoms. The van der Waals surface area contributed by atoms with Gasteiger partial charge in [-0.05, 0) is 20.8 Å². The fourth-order valence-corrected chi connectivity index (χ4v) is 0.829. The Morgan fingerprint density at radius 1 is 1.67 bits per heavy atom. The largest absolute Gasteiger partial charge is 0.366 e. The lowest BCUT2D eigenvalue weighted by Crippen LogP contribution is -2.22. The van der Waals surface area contributed by atoms with E-state index in [9.17, 15) is 4.79 Å². The molecule has 1 aromatic rings. The second kappa shape index (κ2) is 3.34. The number of nitrogens with zero attached hydrogens (tertiary/aromatic N) is 4. The third-order valence-corrected chi connectivity index (χ3v) is 1.32. The Labute approximate surface area is 70.3 Å². The minimum atomic E-state index is -0.196. The number of hydrogen-bond donors (Lipinski definition) is 0. The van der Waals surface area contributed by atoms with Crippen LogP contribution in [0.15, 0.2) is 16.2 Å². The molecular formula is C7H12N4O. The molecule has 0 unspecified atom stereocenters. The summed E-state index contributed by atoms with van der Waals surface area (Å²) in [5.74, 6) is 0. The summed E-state index contributed by atoms with van der Waals surface area (Å²) in [7, 11) is 0. The molecule has 5 nitrogen and oxygen atoms in total. The Balaban J connectivity index is 3.12. The first-order valence-electron chi connectivity index (χ1n) is 3.81. The molecular weight excluding hydrogens is 156 g/mol. The van der Waals surface area contributed by atoms with Crippen LogP contribution >= 0.6 is 0 Å². The van der Waals surface area contributed by atoms with E-state index >= 15 is 0 Å².